The summed E-state index contributed by atoms with van der Waals surface area (Å²) < 4.78 is 0. The molecular formula is C12H19N3O3S. The lowest BCUT2D eigenvalue weighted by Gasteiger charge is -2.35. The van der Waals surface area contributed by atoms with Crippen molar-refractivity contribution < 1.29 is 14.7 Å². The van der Waals surface area contributed by atoms with Gasteiger partial charge in [-0.3, -0.25) is 4.90 Å². The van der Waals surface area contributed by atoms with Gasteiger partial charge >= 0.3 is 12.0 Å². The molecule has 0 aromatic heterocycles. The first-order valence-electron chi connectivity index (χ1n) is 6.81. The molecule has 1 saturated carbocycles. The largest absolute Gasteiger partial charge is 0.480 e. The maximum Gasteiger partial charge on any atom is 0.327 e. The number of urea groups is 1. The number of nitrogens with one attached hydrogen (secondary N) is 1. The summed E-state index contributed by atoms with van der Waals surface area (Å²) in [5.41, 5.74) is 0. The van der Waals surface area contributed by atoms with Gasteiger partial charge in [0.15, 0.2) is 0 Å². The van der Waals surface area contributed by atoms with Gasteiger partial charge in [-0.05, 0) is 18.8 Å². The zero-order valence-electron chi connectivity index (χ0n) is 10.7. The molecule has 7 heteroatoms. The number of carbonyl (C=O) groups excluding carboxylic acids is 1. The summed E-state index contributed by atoms with van der Waals surface area (Å²) in [5.74, 6) is 0.147. The Kier molecular flexibility index (Phi) is 3.58. The van der Waals surface area contributed by atoms with E-state index in [9.17, 15) is 14.7 Å². The molecule has 0 aromatic rings. The van der Waals surface area contributed by atoms with Gasteiger partial charge in [0.2, 0.25) is 0 Å². The average molecular weight is 285 g/mol. The third kappa shape index (κ3) is 2.53. The first kappa shape index (κ1) is 13.1. The van der Waals surface area contributed by atoms with Gasteiger partial charge in [0.05, 0.1) is 5.37 Å². The Balaban J connectivity index is 1.76. The van der Waals surface area contributed by atoms with Crippen LogP contribution in [-0.4, -0.2) is 70.3 Å². The molecule has 19 heavy (non-hydrogen) atoms. The minimum Gasteiger partial charge on any atom is -0.480 e. The number of aliphatic carboxylic acids is 1. The van der Waals surface area contributed by atoms with E-state index in [1.807, 2.05) is 0 Å². The van der Waals surface area contributed by atoms with Gasteiger partial charge in [-0.2, -0.15) is 0 Å². The van der Waals surface area contributed by atoms with E-state index < -0.39 is 12.0 Å². The Hall–Kier alpha value is -0.950. The van der Waals surface area contributed by atoms with Crippen molar-refractivity contribution in [2.45, 2.75) is 24.3 Å². The third-order valence-electron chi connectivity index (χ3n) is 3.95. The predicted octanol–water partition coefficient (Wildman–Crippen LogP) is 0.250. The van der Waals surface area contributed by atoms with E-state index in [-0.39, 0.29) is 11.4 Å². The molecule has 3 fully saturated rings. The second-order valence-electron chi connectivity index (χ2n) is 5.34. The monoisotopic (exact) mass is 285 g/mol. The summed E-state index contributed by atoms with van der Waals surface area (Å²) in [7, 11) is 0. The molecule has 3 rings (SSSR count). The van der Waals surface area contributed by atoms with E-state index in [4.69, 9.17) is 0 Å². The summed E-state index contributed by atoms with van der Waals surface area (Å²) in [4.78, 5) is 27.4. The van der Waals surface area contributed by atoms with Crippen LogP contribution in [0.2, 0.25) is 0 Å². The summed E-state index contributed by atoms with van der Waals surface area (Å²) in [5, 5.41) is 12.6. The molecule has 106 valence electrons. The number of carboxylic acid groups (broad SMARTS) is 1. The second kappa shape index (κ2) is 5.20. The maximum absolute atomic E-state index is 12.6. The predicted molar refractivity (Wildman–Crippen MR) is 72.1 cm³/mol. The van der Waals surface area contributed by atoms with E-state index in [2.05, 4.69) is 5.32 Å². The fraction of sp³-hybridized carbons (Fsp3) is 0.833. The number of hydrogen-bond donors (Lipinski definition) is 2. The van der Waals surface area contributed by atoms with Gasteiger partial charge in [0.25, 0.3) is 0 Å². The van der Waals surface area contributed by atoms with Crippen LogP contribution in [0, 0.1) is 5.92 Å². The zero-order chi connectivity index (χ0) is 13.4. The van der Waals surface area contributed by atoms with Crippen molar-refractivity contribution >= 4 is 23.8 Å². The molecule has 2 amide bonds. The summed E-state index contributed by atoms with van der Waals surface area (Å²) in [6, 6.07) is -0.742. The Bertz CT molecular complexity index is 382. The van der Waals surface area contributed by atoms with E-state index in [1.54, 1.807) is 21.6 Å². The lowest BCUT2D eigenvalue weighted by atomic mass is 10.2. The molecule has 0 aromatic carbocycles. The number of amides is 2. The molecule has 6 nitrogen and oxygen atoms in total. The Morgan fingerprint density at radius 2 is 1.89 bits per heavy atom. The number of rotatable bonds is 2. The van der Waals surface area contributed by atoms with Crippen LogP contribution in [0.3, 0.4) is 0 Å². The van der Waals surface area contributed by atoms with Gasteiger partial charge < -0.3 is 15.3 Å². The highest BCUT2D eigenvalue weighted by Gasteiger charge is 2.49. The van der Waals surface area contributed by atoms with Crippen LogP contribution in [-0.2, 0) is 4.79 Å². The first-order valence-corrected chi connectivity index (χ1v) is 7.85. The maximum atomic E-state index is 12.6. The molecule has 0 spiro atoms. The number of piperazine rings is 1. The van der Waals surface area contributed by atoms with Gasteiger partial charge in [0.1, 0.15) is 6.04 Å². The van der Waals surface area contributed by atoms with Crippen molar-refractivity contribution in [2.75, 3.05) is 31.9 Å². The standard InChI is InChI=1S/C12H19N3O3S/c16-11(17)9-7-19-10(8-1-2-8)15(9)12(18)14-5-3-13-4-6-14/h8-10,13H,1-7H2,(H,16,17). The van der Waals surface area contributed by atoms with Gasteiger partial charge in [-0.15, -0.1) is 11.8 Å². The summed E-state index contributed by atoms with van der Waals surface area (Å²) in [6.07, 6.45) is 2.24. The smallest absolute Gasteiger partial charge is 0.327 e. The minimum atomic E-state index is -0.876. The number of carboxylic acids is 1. The number of thioether (sulfide) groups is 1. The van der Waals surface area contributed by atoms with Crippen LogP contribution in [0.1, 0.15) is 12.8 Å². The highest BCUT2D eigenvalue weighted by Crippen LogP contribution is 2.45. The highest BCUT2D eigenvalue weighted by molar-refractivity contribution is 8.00. The molecule has 2 saturated heterocycles. The normalized spacial score (nSPS) is 31.6. The summed E-state index contributed by atoms with van der Waals surface area (Å²) in [6.45, 7) is 2.92. The van der Waals surface area contributed by atoms with E-state index in [0.29, 0.717) is 24.8 Å². The molecular weight excluding hydrogens is 266 g/mol. The van der Waals surface area contributed by atoms with Gasteiger partial charge in [-0.1, -0.05) is 0 Å². The minimum absolute atomic E-state index is 0.0727. The van der Waals surface area contributed by atoms with E-state index >= 15 is 0 Å². The van der Waals surface area contributed by atoms with Crippen molar-refractivity contribution in [3.63, 3.8) is 0 Å². The van der Waals surface area contributed by atoms with Crippen LogP contribution in [0.25, 0.3) is 0 Å². The van der Waals surface area contributed by atoms with Crippen molar-refractivity contribution in [1.29, 1.82) is 0 Å². The average Bonchev–Trinajstić information content (AvgIpc) is 3.17. The molecule has 2 atom stereocenters. The van der Waals surface area contributed by atoms with Crippen LogP contribution in [0.5, 0.6) is 0 Å². The van der Waals surface area contributed by atoms with Gasteiger partial charge in [0, 0.05) is 31.9 Å². The van der Waals surface area contributed by atoms with Crippen molar-refractivity contribution in [3.05, 3.63) is 0 Å². The number of carbonyl (C=O) groups is 2. The van der Waals surface area contributed by atoms with Crippen LogP contribution >= 0.6 is 11.8 Å². The van der Waals surface area contributed by atoms with Crippen molar-refractivity contribution in [3.8, 4) is 0 Å². The van der Waals surface area contributed by atoms with Crippen molar-refractivity contribution in [2.24, 2.45) is 5.92 Å². The fourth-order valence-electron chi connectivity index (χ4n) is 2.72. The quantitative estimate of drug-likeness (QED) is 0.761. The van der Waals surface area contributed by atoms with Crippen LogP contribution < -0.4 is 5.32 Å². The van der Waals surface area contributed by atoms with Crippen LogP contribution in [0.15, 0.2) is 0 Å². The summed E-state index contributed by atoms with van der Waals surface area (Å²) >= 11 is 1.63. The molecule has 1 aliphatic carbocycles. The first-order chi connectivity index (χ1) is 9.18. The molecule has 0 radical (unpaired) electrons. The fourth-order valence-corrected chi connectivity index (χ4v) is 4.35. The molecule has 2 N–H and O–H groups in total. The highest BCUT2D eigenvalue weighted by atomic mass is 32.2. The molecule has 3 aliphatic rings. The molecule has 2 heterocycles. The zero-order valence-corrected chi connectivity index (χ0v) is 11.6. The topological polar surface area (TPSA) is 72.9 Å². The third-order valence-corrected chi connectivity index (χ3v) is 5.42. The number of hydrogen-bond acceptors (Lipinski definition) is 4. The molecule has 2 unspecified atom stereocenters. The lowest BCUT2D eigenvalue weighted by Crippen LogP contribution is -2.56. The SMILES string of the molecule is O=C(O)C1CSC(C2CC2)N1C(=O)N1CCNCC1. The van der Waals surface area contributed by atoms with E-state index in [1.165, 1.54) is 0 Å². The molecule has 0 bridgehead atoms. The van der Waals surface area contributed by atoms with Gasteiger partial charge in [-0.25, -0.2) is 9.59 Å². The molecule has 2 aliphatic heterocycles. The Labute approximate surface area is 116 Å². The van der Waals surface area contributed by atoms with E-state index in [0.717, 1.165) is 25.9 Å². The Morgan fingerprint density at radius 1 is 1.21 bits per heavy atom. The Morgan fingerprint density at radius 3 is 2.47 bits per heavy atom. The second-order valence-corrected chi connectivity index (χ2v) is 6.49. The van der Waals surface area contributed by atoms with Crippen LogP contribution in [0.4, 0.5) is 4.79 Å². The van der Waals surface area contributed by atoms with Crippen molar-refractivity contribution in [1.82, 2.24) is 15.1 Å². The number of nitrogens with zero attached hydrogens (tertiary/aromatic N) is 2. The lowest BCUT2D eigenvalue weighted by molar-refractivity contribution is -0.141.